The molecule has 3 nitrogen and oxygen atoms in total. The van der Waals surface area contributed by atoms with E-state index in [0.29, 0.717) is 0 Å². The fourth-order valence-electron chi connectivity index (χ4n) is 0.624. The summed E-state index contributed by atoms with van der Waals surface area (Å²) in [6, 6.07) is 0. The third-order valence-corrected chi connectivity index (χ3v) is 1.07. The normalized spacial score (nSPS) is 13.7. The average molecular weight is 172 g/mol. The number of carbonyl (C=O) groups is 1. The lowest BCUT2D eigenvalue weighted by atomic mass is 10.2. The predicted octanol–water partition coefficient (Wildman–Crippen LogP) is 1.27. The first-order valence-corrected chi connectivity index (χ1v) is 3.88. The molecule has 0 bridgehead atoms. The predicted molar refractivity (Wildman–Crippen MR) is 46.7 cm³/mol. The van der Waals surface area contributed by atoms with E-state index in [1.54, 1.807) is 20.8 Å². The summed E-state index contributed by atoms with van der Waals surface area (Å²) in [5.74, 6) is -0.595. The van der Waals surface area contributed by atoms with Gasteiger partial charge in [-0.15, -0.1) is 6.58 Å². The smallest absolute Gasteiger partial charge is 0.335 e. The van der Waals surface area contributed by atoms with Crippen molar-refractivity contribution < 1.29 is 14.6 Å². The maximum atomic E-state index is 11.0. The van der Waals surface area contributed by atoms with E-state index in [1.165, 1.54) is 6.08 Å². The van der Waals surface area contributed by atoms with Gasteiger partial charge in [0.05, 0.1) is 0 Å². The van der Waals surface area contributed by atoms with Crippen molar-refractivity contribution >= 4 is 5.97 Å². The molecule has 0 saturated carbocycles. The van der Waals surface area contributed by atoms with Crippen molar-refractivity contribution in [2.75, 3.05) is 0 Å². The molecule has 0 radical (unpaired) electrons. The standard InChI is InChI=1S/C9H16O3/c1-5-6-7(10)8(11)12-9(2,3)4/h5,7,10H,1,6H2,2-4H3. The maximum absolute atomic E-state index is 11.0. The van der Waals surface area contributed by atoms with Gasteiger partial charge in [0.15, 0.2) is 6.10 Å². The van der Waals surface area contributed by atoms with Crippen LogP contribution in [0.3, 0.4) is 0 Å². The van der Waals surface area contributed by atoms with Crippen LogP contribution in [0.25, 0.3) is 0 Å². The van der Waals surface area contributed by atoms with Gasteiger partial charge in [0.1, 0.15) is 5.60 Å². The number of aliphatic hydroxyl groups excluding tert-OH is 1. The van der Waals surface area contributed by atoms with E-state index in [2.05, 4.69) is 6.58 Å². The SMILES string of the molecule is C=CCC(O)C(=O)OC(C)(C)C. The lowest BCUT2D eigenvalue weighted by molar-refractivity contribution is -0.164. The zero-order chi connectivity index (χ0) is 9.78. The lowest BCUT2D eigenvalue weighted by Gasteiger charge is -2.21. The Morgan fingerprint density at radius 3 is 2.50 bits per heavy atom. The minimum absolute atomic E-state index is 0.231. The fraction of sp³-hybridized carbons (Fsp3) is 0.667. The highest BCUT2D eigenvalue weighted by Gasteiger charge is 2.21. The molecule has 70 valence electrons. The second kappa shape index (κ2) is 4.26. The van der Waals surface area contributed by atoms with Crippen LogP contribution in [0.1, 0.15) is 27.2 Å². The highest BCUT2D eigenvalue weighted by molar-refractivity contribution is 5.74. The van der Waals surface area contributed by atoms with Gasteiger partial charge in [0.25, 0.3) is 0 Å². The number of esters is 1. The van der Waals surface area contributed by atoms with Crippen LogP contribution in [0.4, 0.5) is 0 Å². The second-order valence-corrected chi connectivity index (χ2v) is 3.57. The van der Waals surface area contributed by atoms with Gasteiger partial charge in [0, 0.05) is 6.42 Å². The Morgan fingerprint density at radius 1 is 1.67 bits per heavy atom. The third-order valence-electron chi connectivity index (χ3n) is 1.07. The van der Waals surface area contributed by atoms with Crippen molar-refractivity contribution in [2.24, 2.45) is 0 Å². The molecule has 0 rings (SSSR count). The molecule has 0 fully saturated rings. The van der Waals surface area contributed by atoms with Crippen LogP contribution in [0, 0.1) is 0 Å². The second-order valence-electron chi connectivity index (χ2n) is 3.57. The number of aliphatic hydroxyl groups is 1. The summed E-state index contributed by atoms with van der Waals surface area (Å²) in [4.78, 5) is 11.0. The van der Waals surface area contributed by atoms with Gasteiger partial charge in [0.2, 0.25) is 0 Å². The molecule has 0 saturated heterocycles. The quantitative estimate of drug-likeness (QED) is 0.515. The maximum Gasteiger partial charge on any atom is 0.335 e. The van der Waals surface area contributed by atoms with Gasteiger partial charge in [-0.2, -0.15) is 0 Å². The molecule has 0 aromatic carbocycles. The molecule has 3 heteroatoms. The van der Waals surface area contributed by atoms with E-state index in [1.807, 2.05) is 0 Å². The summed E-state index contributed by atoms with van der Waals surface area (Å²) >= 11 is 0. The van der Waals surface area contributed by atoms with Crippen LogP contribution in [0.5, 0.6) is 0 Å². The summed E-state index contributed by atoms with van der Waals surface area (Å²) in [5.41, 5.74) is -0.542. The Hall–Kier alpha value is -0.830. The Bertz CT molecular complexity index is 167. The zero-order valence-electron chi connectivity index (χ0n) is 7.83. The molecule has 0 heterocycles. The molecule has 0 aromatic rings. The Morgan fingerprint density at radius 2 is 2.17 bits per heavy atom. The summed E-state index contributed by atoms with van der Waals surface area (Å²) in [6.07, 6.45) is 0.630. The average Bonchev–Trinajstić information content (AvgIpc) is 1.84. The van der Waals surface area contributed by atoms with Gasteiger partial charge >= 0.3 is 5.97 Å². The van der Waals surface area contributed by atoms with Crippen LogP contribution in [0.2, 0.25) is 0 Å². The molecular formula is C9H16O3. The highest BCUT2D eigenvalue weighted by atomic mass is 16.6. The Balaban J connectivity index is 3.95. The first-order chi connectivity index (χ1) is 5.37. The molecule has 12 heavy (non-hydrogen) atoms. The van der Waals surface area contributed by atoms with Crippen LogP contribution < -0.4 is 0 Å². The van der Waals surface area contributed by atoms with Crippen molar-refractivity contribution in [1.82, 2.24) is 0 Å². The summed E-state index contributed by atoms with van der Waals surface area (Å²) in [6.45, 7) is 8.68. The molecule has 0 aliphatic carbocycles. The minimum atomic E-state index is -1.08. The topological polar surface area (TPSA) is 46.5 Å². The summed E-state index contributed by atoms with van der Waals surface area (Å²) in [5, 5.41) is 9.14. The molecule has 0 aromatic heterocycles. The fourth-order valence-corrected chi connectivity index (χ4v) is 0.624. The largest absolute Gasteiger partial charge is 0.458 e. The number of hydrogen-bond donors (Lipinski definition) is 1. The van der Waals surface area contributed by atoms with Crippen molar-refractivity contribution in [3.63, 3.8) is 0 Å². The van der Waals surface area contributed by atoms with Gasteiger partial charge in [-0.25, -0.2) is 4.79 Å². The van der Waals surface area contributed by atoms with E-state index in [9.17, 15) is 4.79 Å². The number of rotatable bonds is 3. The zero-order valence-corrected chi connectivity index (χ0v) is 7.83. The van der Waals surface area contributed by atoms with Crippen molar-refractivity contribution in [3.05, 3.63) is 12.7 Å². The molecule has 0 aliphatic heterocycles. The Labute approximate surface area is 73.0 Å². The molecular weight excluding hydrogens is 156 g/mol. The van der Waals surface area contributed by atoms with Crippen LogP contribution in [0.15, 0.2) is 12.7 Å². The molecule has 1 unspecified atom stereocenters. The van der Waals surface area contributed by atoms with E-state index < -0.39 is 17.7 Å². The summed E-state index contributed by atoms with van der Waals surface area (Å²) in [7, 11) is 0. The number of carbonyl (C=O) groups excluding carboxylic acids is 1. The van der Waals surface area contributed by atoms with E-state index in [4.69, 9.17) is 9.84 Å². The first-order valence-electron chi connectivity index (χ1n) is 3.88. The van der Waals surface area contributed by atoms with Crippen LogP contribution >= 0.6 is 0 Å². The van der Waals surface area contributed by atoms with Gasteiger partial charge < -0.3 is 9.84 Å². The molecule has 0 amide bonds. The summed E-state index contributed by atoms with van der Waals surface area (Å²) < 4.78 is 4.92. The van der Waals surface area contributed by atoms with Crippen LogP contribution in [-0.4, -0.2) is 22.8 Å². The number of hydrogen-bond acceptors (Lipinski definition) is 3. The van der Waals surface area contributed by atoms with E-state index in [0.717, 1.165) is 0 Å². The third kappa shape index (κ3) is 4.91. The molecule has 0 aliphatic rings. The lowest BCUT2D eigenvalue weighted by Crippen LogP contribution is -2.31. The number of ether oxygens (including phenoxy) is 1. The highest BCUT2D eigenvalue weighted by Crippen LogP contribution is 2.09. The minimum Gasteiger partial charge on any atom is -0.458 e. The molecule has 0 spiro atoms. The van der Waals surface area contributed by atoms with Crippen molar-refractivity contribution in [1.29, 1.82) is 0 Å². The molecule has 1 N–H and O–H groups in total. The van der Waals surface area contributed by atoms with Crippen molar-refractivity contribution in [3.8, 4) is 0 Å². The van der Waals surface area contributed by atoms with Crippen molar-refractivity contribution in [2.45, 2.75) is 38.9 Å². The monoisotopic (exact) mass is 172 g/mol. The van der Waals surface area contributed by atoms with E-state index in [-0.39, 0.29) is 6.42 Å². The van der Waals surface area contributed by atoms with E-state index >= 15 is 0 Å². The Kier molecular flexibility index (Phi) is 3.96. The van der Waals surface area contributed by atoms with Gasteiger partial charge in [-0.1, -0.05) is 6.08 Å². The first kappa shape index (κ1) is 11.2. The molecule has 1 atom stereocenters. The van der Waals surface area contributed by atoms with Crippen LogP contribution in [-0.2, 0) is 9.53 Å². The van der Waals surface area contributed by atoms with Gasteiger partial charge in [-0.3, -0.25) is 0 Å². The van der Waals surface area contributed by atoms with Gasteiger partial charge in [-0.05, 0) is 20.8 Å².